The number of nitrogens with two attached hydrogens (primary N) is 1. The molecule has 262 valence electrons. The van der Waals surface area contributed by atoms with E-state index in [1.807, 2.05) is 60.7 Å². The van der Waals surface area contributed by atoms with Gasteiger partial charge in [-0.3, -0.25) is 19.5 Å². The van der Waals surface area contributed by atoms with Crippen LogP contribution in [0, 0.1) is 10.1 Å². The molecule has 0 radical (unpaired) electrons. The molecule has 0 bridgehead atoms. The first kappa shape index (κ1) is 37.6. The fourth-order valence-corrected chi connectivity index (χ4v) is 6.13. The molecule has 0 aromatic heterocycles. The molecule has 0 spiro atoms. The van der Waals surface area contributed by atoms with Crippen molar-refractivity contribution in [3.05, 3.63) is 122 Å². The molecule has 1 aliphatic heterocycles. The summed E-state index contributed by atoms with van der Waals surface area (Å²) in [5, 5.41) is 17.4. The summed E-state index contributed by atoms with van der Waals surface area (Å²) in [4.78, 5) is 12.5. The van der Waals surface area contributed by atoms with Gasteiger partial charge in [0.05, 0.1) is 31.2 Å². The molecular weight excluding hydrogens is 676 g/mol. The SMILES string of the molecule is COc1ccc(Cc2ccc(OC[C@@]3(C(OC)OC)CCOc4cc(Cl)ccc43)c([N+](=O)[O-])c2Cc2ccc(OC)cc2)cc1.NS(=O)[O-]. The zero-order chi connectivity index (χ0) is 35.6. The summed E-state index contributed by atoms with van der Waals surface area (Å²) in [6.07, 6.45) is 0.591. The maximum absolute atomic E-state index is 12.8. The Bertz CT molecular complexity index is 1730. The standard InChI is InChI=1S/C35H36ClNO8.H3NO2S/c1-40-27-11-5-23(6-12-27)19-25-9-16-31(33(37(38)39)29(25)20-24-7-13-28(41-2)14-8-24)45-22-35(34(42-3)43-4)17-18-44-32-21-26(36)10-15-30(32)35;1-4(2)3/h5-16,21,34H,17-20,22H2,1-4H3;1H2,(H,2,3)/p-1/t35-;/m0./s1. The Labute approximate surface area is 292 Å². The van der Waals surface area contributed by atoms with Crippen LogP contribution in [0.15, 0.2) is 78.9 Å². The van der Waals surface area contributed by atoms with Crippen molar-refractivity contribution in [1.29, 1.82) is 0 Å². The second-order valence-corrected chi connectivity index (χ2v) is 12.1. The van der Waals surface area contributed by atoms with Crippen molar-refractivity contribution < 1.29 is 42.1 Å². The van der Waals surface area contributed by atoms with Crippen LogP contribution in [0.5, 0.6) is 23.0 Å². The summed E-state index contributed by atoms with van der Waals surface area (Å²) < 4.78 is 52.1. The quantitative estimate of drug-likeness (QED) is 0.0763. The van der Waals surface area contributed by atoms with Crippen LogP contribution in [0.2, 0.25) is 5.02 Å². The monoisotopic (exact) mass is 713 g/mol. The number of nitrogens with zero attached hydrogens (tertiary/aromatic N) is 1. The smallest absolute Gasteiger partial charge is 0.314 e. The first-order valence-electron chi connectivity index (χ1n) is 15.0. The molecule has 12 nitrogen and oxygen atoms in total. The molecular formula is C35H38ClN2O10S-. The van der Waals surface area contributed by atoms with Crippen molar-refractivity contribution in [3.63, 3.8) is 0 Å². The minimum Gasteiger partial charge on any atom is -0.760 e. The Morgan fingerprint density at radius 2 is 1.49 bits per heavy atom. The third-order valence-electron chi connectivity index (χ3n) is 8.27. The summed E-state index contributed by atoms with van der Waals surface area (Å²) in [6.45, 7) is 0.406. The Balaban J connectivity index is 0.00000128. The van der Waals surface area contributed by atoms with E-state index in [0.717, 1.165) is 28.0 Å². The summed E-state index contributed by atoms with van der Waals surface area (Å²) in [5.41, 5.74) is 3.18. The predicted octanol–water partition coefficient (Wildman–Crippen LogP) is 5.90. The van der Waals surface area contributed by atoms with Crippen LogP contribution in [0.25, 0.3) is 0 Å². The minimum absolute atomic E-state index is 0.0397. The molecule has 2 atom stereocenters. The molecule has 0 saturated heterocycles. The Kier molecular flexibility index (Phi) is 13.4. The van der Waals surface area contributed by atoms with E-state index in [-0.39, 0.29) is 23.0 Å². The molecule has 49 heavy (non-hydrogen) atoms. The lowest BCUT2D eigenvalue weighted by atomic mass is 9.75. The highest BCUT2D eigenvalue weighted by molar-refractivity contribution is 7.76. The lowest BCUT2D eigenvalue weighted by molar-refractivity contribution is -0.386. The zero-order valence-electron chi connectivity index (χ0n) is 27.5. The Hall–Kier alpha value is -4.24. The molecule has 2 N–H and O–H groups in total. The van der Waals surface area contributed by atoms with Gasteiger partial charge in [-0.25, -0.2) is 0 Å². The van der Waals surface area contributed by atoms with Crippen LogP contribution in [0.3, 0.4) is 0 Å². The minimum atomic E-state index is -2.36. The van der Waals surface area contributed by atoms with Crippen LogP contribution in [0.4, 0.5) is 5.69 Å². The molecule has 0 fully saturated rings. The molecule has 4 aromatic rings. The van der Waals surface area contributed by atoms with Gasteiger partial charge in [0.15, 0.2) is 12.0 Å². The molecule has 0 amide bonds. The predicted molar refractivity (Wildman–Crippen MR) is 184 cm³/mol. The van der Waals surface area contributed by atoms with Gasteiger partial charge in [0.2, 0.25) is 0 Å². The van der Waals surface area contributed by atoms with E-state index < -0.39 is 23.0 Å². The lowest BCUT2D eigenvalue weighted by Crippen LogP contribution is -2.49. The normalized spacial score (nSPS) is 15.7. The van der Waals surface area contributed by atoms with Crippen LogP contribution < -0.4 is 24.1 Å². The van der Waals surface area contributed by atoms with Crippen molar-refractivity contribution in [2.75, 3.05) is 41.7 Å². The van der Waals surface area contributed by atoms with E-state index in [4.69, 9.17) is 48.8 Å². The first-order chi connectivity index (χ1) is 23.5. The van der Waals surface area contributed by atoms with E-state index in [1.165, 1.54) is 0 Å². The van der Waals surface area contributed by atoms with Gasteiger partial charge in [-0.15, -0.1) is 0 Å². The zero-order valence-corrected chi connectivity index (χ0v) is 29.1. The van der Waals surface area contributed by atoms with Crippen molar-refractivity contribution in [1.82, 2.24) is 0 Å². The number of fused-ring (bicyclic) bond motifs is 1. The molecule has 1 unspecified atom stereocenters. The summed E-state index contributed by atoms with van der Waals surface area (Å²) in [6, 6.07) is 24.2. The van der Waals surface area contributed by atoms with Crippen molar-refractivity contribution in [3.8, 4) is 23.0 Å². The number of nitro groups is 1. The summed E-state index contributed by atoms with van der Waals surface area (Å²) in [7, 11) is 6.34. The fraction of sp³-hybridized carbons (Fsp3) is 0.314. The highest BCUT2D eigenvalue weighted by Crippen LogP contribution is 2.45. The molecule has 0 saturated carbocycles. The number of nitro benzene ring substituents is 1. The van der Waals surface area contributed by atoms with Gasteiger partial charge < -0.3 is 33.0 Å². The van der Waals surface area contributed by atoms with Gasteiger partial charge in [0, 0.05) is 48.1 Å². The number of hydrogen-bond donors (Lipinski definition) is 1. The van der Waals surface area contributed by atoms with Crippen LogP contribution in [-0.4, -0.2) is 61.6 Å². The molecule has 5 rings (SSSR count). The van der Waals surface area contributed by atoms with E-state index >= 15 is 0 Å². The number of rotatable bonds is 13. The van der Waals surface area contributed by atoms with E-state index in [1.54, 1.807) is 46.6 Å². The molecule has 1 aliphatic rings. The van der Waals surface area contributed by atoms with E-state index in [2.05, 4.69) is 5.14 Å². The largest absolute Gasteiger partial charge is 0.760 e. The number of ether oxygens (including phenoxy) is 6. The second-order valence-electron chi connectivity index (χ2n) is 11.1. The number of methoxy groups -OCH3 is 4. The topological polar surface area (TPSA) is 165 Å². The highest BCUT2D eigenvalue weighted by Gasteiger charge is 2.47. The third-order valence-corrected chi connectivity index (χ3v) is 8.50. The van der Waals surface area contributed by atoms with Crippen molar-refractivity contribution in [2.24, 2.45) is 5.14 Å². The summed E-state index contributed by atoms with van der Waals surface area (Å²) >= 11 is 3.91. The van der Waals surface area contributed by atoms with E-state index in [0.29, 0.717) is 48.0 Å². The number of benzene rings is 4. The Morgan fingerprint density at radius 3 is 2.02 bits per heavy atom. The molecule has 0 aliphatic carbocycles. The molecule has 4 aromatic carbocycles. The fourth-order valence-electron chi connectivity index (χ4n) is 5.97. The van der Waals surface area contributed by atoms with Crippen LogP contribution in [-0.2, 0) is 39.0 Å². The van der Waals surface area contributed by atoms with Gasteiger partial charge in [-0.2, -0.15) is 0 Å². The number of halogens is 1. The first-order valence-corrected chi connectivity index (χ1v) is 16.6. The average molecular weight is 714 g/mol. The van der Waals surface area contributed by atoms with Gasteiger partial charge in [0.1, 0.15) is 23.9 Å². The van der Waals surface area contributed by atoms with E-state index in [9.17, 15) is 10.1 Å². The summed E-state index contributed by atoms with van der Waals surface area (Å²) in [5.74, 6) is 2.21. The molecule has 1 heterocycles. The van der Waals surface area contributed by atoms with Crippen LogP contribution >= 0.6 is 11.6 Å². The molecule has 14 heteroatoms. The Morgan fingerprint density at radius 1 is 0.918 bits per heavy atom. The van der Waals surface area contributed by atoms with Gasteiger partial charge in [-0.1, -0.05) is 48.0 Å². The van der Waals surface area contributed by atoms with Crippen molar-refractivity contribution >= 4 is 28.6 Å². The van der Waals surface area contributed by atoms with Crippen LogP contribution in [0.1, 0.15) is 34.2 Å². The van der Waals surface area contributed by atoms with Gasteiger partial charge in [-0.05, 0) is 72.0 Å². The average Bonchev–Trinajstić information content (AvgIpc) is 3.09. The van der Waals surface area contributed by atoms with Gasteiger partial charge in [0.25, 0.3) is 0 Å². The second kappa shape index (κ2) is 17.4. The lowest BCUT2D eigenvalue weighted by Gasteiger charge is -2.42. The maximum atomic E-state index is 12.8. The number of hydrogen-bond acceptors (Lipinski definition) is 10. The maximum Gasteiger partial charge on any atom is 0.314 e. The van der Waals surface area contributed by atoms with Gasteiger partial charge >= 0.3 is 5.69 Å². The third kappa shape index (κ3) is 9.26. The highest BCUT2D eigenvalue weighted by atomic mass is 35.5. The van der Waals surface area contributed by atoms with Crippen molar-refractivity contribution in [2.45, 2.75) is 31.0 Å².